The van der Waals surface area contributed by atoms with Crippen molar-refractivity contribution in [1.82, 2.24) is 9.71 Å². The van der Waals surface area contributed by atoms with Gasteiger partial charge in [0.05, 0.1) is 24.4 Å². The topological polar surface area (TPSA) is 107 Å². The minimum absolute atomic E-state index is 0.113. The van der Waals surface area contributed by atoms with Crippen molar-refractivity contribution in [1.29, 1.82) is 0 Å². The Balaban J connectivity index is 1.67. The molecule has 1 fully saturated rings. The molecule has 2 aromatic rings. The quantitative estimate of drug-likeness (QED) is 0.695. The normalized spacial score (nSPS) is 15.2. The third-order valence-electron chi connectivity index (χ3n) is 3.23. The van der Waals surface area contributed by atoms with Gasteiger partial charge in [0.15, 0.2) is 9.22 Å². The molecule has 1 aromatic carbocycles. The van der Waals surface area contributed by atoms with E-state index in [9.17, 15) is 13.2 Å². The summed E-state index contributed by atoms with van der Waals surface area (Å²) in [4.78, 5) is 16.8. The van der Waals surface area contributed by atoms with E-state index in [-0.39, 0.29) is 4.21 Å². The zero-order chi connectivity index (χ0) is 18.7. The number of aromatic nitrogens is 1. The number of ether oxygens (including phenoxy) is 2. The van der Waals surface area contributed by atoms with E-state index in [0.717, 1.165) is 22.4 Å². The number of thiazole rings is 1. The van der Waals surface area contributed by atoms with Gasteiger partial charge >= 0.3 is 6.03 Å². The zero-order valence-corrected chi connectivity index (χ0v) is 16.6. The van der Waals surface area contributed by atoms with Crippen molar-refractivity contribution in [2.24, 2.45) is 0 Å². The summed E-state index contributed by atoms with van der Waals surface area (Å²) in [5.41, 5.74) is 0.373. The molecule has 0 bridgehead atoms. The highest BCUT2D eigenvalue weighted by Crippen LogP contribution is 2.30. The second kappa shape index (κ2) is 8.11. The molecule has 2 heterocycles. The fourth-order valence-electron chi connectivity index (χ4n) is 2.08. The van der Waals surface area contributed by atoms with Crippen LogP contribution in [0.1, 0.15) is 11.3 Å². The summed E-state index contributed by atoms with van der Waals surface area (Å²) in [5, 5.41) is 3.27. The number of hydrogen-bond donors (Lipinski definition) is 2. The highest BCUT2D eigenvalue weighted by atomic mass is 35.5. The Morgan fingerprint density at radius 3 is 2.77 bits per heavy atom. The molecule has 1 aromatic heterocycles. The van der Waals surface area contributed by atoms with Crippen molar-refractivity contribution in [2.45, 2.75) is 15.4 Å². The van der Waals surface area contributed by atoms with Crippen LogP contribution in [0.5, 0.6) is 0 Å². The highest BCUT2D eigenvalue weighted by molar-refractivity contribution is 7.98. The Hall–Kier alpha value is -1.37. The Bertz CT molecular complexity index is 912. The number of thioether (sulfide) groups is 1. The van der Waals surface area contributed by atoms with Crippen molar-refractivity contribution in [3.8, 4) is 0 Å². The molecular formula is C14H14ClN3O5S3. The van der Waals surface area contributed by atoms with E-state index in [1.807, 2.05) is 11.0 Å². The number of hydrogen-bond acceptors (Lipinski definition) is 8. The first-order valence-corrected chi connectivity index (χ1v) is 11.2. The molecule has 8 nitrogen and oxygen atoms in total. The van der Waals surface area contributed by atoms with Gasteiger partial charge in [-0.25, -0.2) is 22.9 Å². The van der Waals surface area contributed by atoms with Crippen LogP contribution in [0.15, 0.2) is 33.5 Å². The number of anilines is 1. The van der Waals surface area contributed by atoms with Gasteiger partial charge in [0.25, 0.3) is 10.0 Å². The first-order valence-electron chi connectivity index (χ1n) is 7.25. The first kappa shape index (κ1) is 19.4. The Morgan fingerprint density at radius 2 is 2.12 bits per heavy atom. The summed E-state index contributed by atoms with van der Waals surface area (Å²) >= 11 is 8.40. The number of nitrogens with one attached hydrogen (secondary N) is 2. The fraction of sp³-hybridized carbons (Fsp3) is 0.286. The van der Waals surface area contributed by atoms with Crippen LogP contribution in [0.3, 0.4) is 0 Å². The molecule has 0 saturated carbocycles. The van der Waals surface area contributed by atoms with Crippen molar-refractivity contribution < 1.29 is 22.7 Å². The number of urea groups is 1. The number of carbonyl (C=O) groups excluding carboxylic acids is 1. The third-order valence-corrected chi connectivity index (χ3v) is 7.26. The van der Waals surface area contributed by atoms with Crippen LogP contribution in [-0.2, 0) is 19.5 Å². The van der Waals surface area contributed by atoms with Crippen LogP contribution in [0, 0.1) is 0 Å². The lowest BCUT2D eigenvalue weighted by Crippen LogP contribution is -2.33. The number of nitrogens with zero attached hydrogens (tertiary/aromatic N) is 1. The van der Waals surface area contributed by atoms with E-state index in [2.05, 4.69) is 10.3 Å². The average molecular weight is 436 g/mol. The van der Waals surface area contributed by atoms with Crippen LogP contribution in [-0.4, -0.2) is 38.9 Å². The standard InChI is InChI=1S/C14H14ClN3O5S3/c1-24-10-3-2-8(6-9(10)15)17-14(19)18-26(20,21)11-7-16-12(25-11)13-22-4-5-23-13/h2-3,6-7,13H,4-5H2,1H3,(H2,17,18,19). The van der Waals surface area contributed by atoms with Crippen LogP contribution in [0.2, 0.25) is 5.02 Å². The van der Waals surface area contributed by atoms with E-state index >= 15 is 0 Å². The Labute approximate surface area is 163 Å². The van der Waals surface area contributed by atoms with Gasteiger partial charge in [0.2, 0.25) is 6.29 Å². The smallest absolute Gasteiger partial charge is 0.333 e. The van der Waals surface area contributed by atoms with E-state index in [1.54, 1.807) is 18.2 Å². The lowest BCUT2D eigenvalue weighted by Gasteiger charge is -2.09. The minimum atomic E-state index is -4.07. The molecule has 0 spiro atoms. The number of rotatable bonds is 5. The van der Waals surface area contributed by atoms with Crippen LogP contribution in [0.4, 0.5) is 10.5 Å². The summed E-state index contributed by atoms with van der Waals surface area (Å²) in [6.07, 6.45) is 2.36. The lowest BCUT2D eigenvalue weighted by molar-refractivity contribution is -0.0442. The zero-order valence-electron chi connectivity index (χ0n) is 13.4. The molecule has 0 radical (unpaired) electrons. The average Bonchev–Trinajstić information content (AvgIpc) is 3.26. The molecule has 2 amide bonds. The predicted molar refractivity (Wildman–Crippen MR) is 99.3 cm³/mol. The molecule has 3 rings (SSSR count). The number of carbonyl (C=O) groups is 1. The van der Waals surface area contributed by atoms with Gasteiger partial charge in [-0.3, -0.25) is 0 Å². The molecule has 1 aliphatic rings. The van der Waals surface area contributed by atoms with E-state index in [4.69, 9.17) is 21.1 Å². The van der Waals surface area contributed by atoms with Gasteiger partial charge in [-0.05, 0) is 24.5 Å². The van der Waals surface area contributed by atoms with Gasteiger partial charge in [0, 0.05) is 10.6 Å². The van der Waals surface area contributed by atoms with Gasteiger partial charge < -0.3 is 14.8 Å². The number of amides is 2. The van der Waals surface area contributed by atoms with Crippen molar-refractivity contribution in [3.63, 3.8) is 0 Å². The number of benzene rings is 1. The molecule has 2 N–H and O–H groups in total. The summed E-state index contributed by atoms with van der Waals surface area (Å²) < 4.78 is 37.0. The molecule has 0 unspecified atom stereocenters. The van der Waals surface area contributed by atoms with E-state index in [1.165, 1.54) is 11.8 Å². The van der Waals surface area contributed by atoms with E-state index < -0.39 is 22.3 Å². The second-order valence-corrected chi connectivity index (χ2v) is 9.23. The van der Waals surface area contributed by atoms with Crippen molar-refractivity contribution in [2.75, 3.05) is 24.8 Å². The molecule has 140 valence electrons. The number of halogens is 1. The minimum Gasteiger partial charge on any atom is -0.344 e. The summed E-state index contributed by atoms with van der Waals surface area (Å²) in [7, 11) is -4.07. The molecular weight excluding hydrogens is 422 g/mol. The summed E-state index contributed by atoms with van der Waals surface area (Å²) in [6.45, 7) is 0.843. The van der Waals surface area contributed by atoms with Crippen LogP contribution < -0.4 is 10.0 Å². The molecule has 12 heteroatoms. The largest absolute Gasteiger partial charge is 0.344 e. The second-order valence-electron chi connectivity index (χ2n) is 5.00. The maximum Gasteiger partial charge on any atom is 0.333 e. The molecule has 0 aliphatic carbocycles. The van der Waals surface area contributed by atoms with Crippen molar-refractivity contribution >= 4 is 56.4 Å². The molecule has 0 atom stereocenters. The summed E-state index contributed by atoms with van der Waals surface area (Å²) in [6, 6.07) is 4.00. The maximum absolute atomic E-state index is 12.3. The monoisotopic (exact) mass is 435 g/mol. The van der Waals surface area contributed by atoms with Gasteiger partial charge in [0.1, 0.15) is 0 Å². The Morgan fingerprint density at radius 1 is 1.38 bits per heavy atom. The summed E-state index contributed by atoms with van der Waals surface area (Å²) in [5.74, 6) is 0. The lowest BCUT2D eigenvalue weighted by atomic mass is 10.3. The SMILES string of the molecule is CSc1ccc(NC(=O)NS(=O)(=O)c2cnc(C3OCCO3)s2)cc1Cl. The van der Waals surface area contributed by atoms with Gasteiger partial charge in [-0.15, -0.1) is 23.1 Å². The Kier molecular flexibility index (Phi) is 6.05. The van der Waals surface area contributed by atoms with Gasteiger partial charge in [-0.2, -0.15) is 0 Å². The molecule has 1 aliphatic heterocycles. The predicted octanol–water partition coefficient (Wildman–Crippen LogP) is 3.07. The third kappa shape index (κ3) is 4.48. The molecule has 26 heavy (non-hydrogen) atoms. The van der Waals surface area contributed by atoms with E-state index in [0.29, 0.717) is 28.9 Å². The van der Waals surface area contributed by atoms with Gasteiger partial charge in [-0.1, -0.05) is 11.6 Å². The highest BCUT2D eigenvalue weighted by Gasteiger charge is 2.26. The van der Waals surface area contributed by atoms with Crippen LogP contribution in [0.25, 0.3) is 0 Å². The van der Waals surface area contributed by atoms with Crippen LogP contribution >= 0.6 is 34.7 Å². The van der Waals surface area contributed by atoms with Crippen molar-refractivity contribution in [3.05, 3.63) is 34.4 Å². The number of sulfonamides is 1. The molecule has 1 saturated heterocycles. The first-order chi connectivity index (χ1) is 12.4. The maximum atomic E-state index is 12.3. The fourth-order valence-corrected chi connectivity index (χ4v) is 5.01.